The molecule has 0 radical (unpaired) electrons. The van der Waals surface area contributed by atoms with Gasteiger partial charge >= 0.3 is 0 Å². The third kappa shape index (κ3) is 3.39. The second kappa shape index (κ2) is 7.93. The summed E-state index contributed by atoms with van der Waals surface area (Å²) in [5.41, 5.74) is 7.92. The van der Waals surface area contributed by atoms with E-state index in [1.807, 2.05) is 11.3 Å². The fourth-order valence-corrected chi connectivity index (χ4v) is 5.95. The van der Waals surface area contributed by atoms with Crippen LogP contribution in [0.3, 0.4) is 0 Å². The lowest BCUT2D eigenvalue weighted by atomic mass is 9.87. The third-order valence-electron chi connectivity index (χ3n) is 6.54. The predicted octanol–water partition coefficient (Wildman–Crippen LogP) is 9.16. The SMILES string of the molecule is Cc1ccc(C2C=CC(c3ccc(-c4cccc5c4sc4ccccc45)cc3)=CC2)cc1. The van der Waals surface area contributed by atoms with Crippen LogP contribution in [0.15, 0.2) is 109 Å². The molecule has 1 heteroatoms. The quantitative estimate of drug-likeness (QED) is 0.269. The molecule has 6 rings (SSSR count). The Balaban J connectivity index is 1.28. The summed E-state index contributed by atoms with van der Waals surface area (Å²) < 4.78 is 2.73. The molecule has 32 heavy (non-hydrogen) atoms. The first-order chi connectivity index (χ1) is 15.8. The van der Waals surface area contributed by atoms with Crippen molar-refractivity contribution in [2.45, 2.75) is 19.3 Å². The van der Waals surface area contributed by atoms with Gasteiger partial charge in [0.25, 0.3) is 0 Å². The van der Waals surface area contributed by atoms with Crippen molar-refractivity contribution in [1.29, 1.82) is 0 Å². The second-order valence-electron chi connectivity index (χ2n) is 8.63. The molecule has 1 unspecified atom stereocenters. The summed E-state index contributed by atoms with van der Waals surface area (Å²) in [6.07, 6.45) is 8.07. The molecule has 5 aromatic rings. The van der Waals surface area contributed by atoms with Crippen LogP contribution in [0.25, 0.3) is 36.9 Å². The van der Waals surface area contributed by atoms with Gasteiger partial charge in [-0.25, -0.2) is 0 Å². The normalized spacial score (nSPS) is 15.9. The van der Waals surface area contributed by atoms with Gasteiger partial charge in [-0.1, -0.05) is 109 Å². The predicted molar refractivity (Wildman–Crippen MR) is 140 cm³/mol. The fraction of sp³-hybridized carbons (Fsp3) is 0.0968. The van der Waals surface area contributed by atoms with Gasteiger partial charge < -0.3 is 0 Å². The van der Waals surface area contributed by atoms with E-state index in [1.165, 1.54) is 53.6 Å². The summed E-state index contributed by atoms with van der Waals surface area (Å²) >= 11 is 1.89. The fourth-order valence-electron chi connectivity index (χ4n) is 4.71. The van der Waals surface area contributed by atoms with E-state index in [9.17, 15) is 0 Å². The third-order valence-corrected chi connectivity index (χ3v) is 7.76. The molecule has 0 spiro atoms. The first kappa shape index (κ1) is 19.3. The average Bonchev–Trinajstić information content (AvgIpc) is 3.24. The van der Waals surface area contributed by atoms with Crippen molar-refractivity contribution in [3.05, 3.63) is 126 Å². The van der Waals surface area contributed by atoms with Crippen LogP contribution in [0.5, 0.6) is 0 Å². The summed E-state index contributed by atoms with van der Waals surface area (Å²) in [6.45, 7) is 2.14. The summed E-state index contributed by atoms with van der Waals surface area (Å²) in [7, 11) is 0. The molecule has 0 saturated heterocycles. The molecule has 0 N–H and O–H groups in total. The molecule has 1 aliphatic rings. The highest BCUT2D eigenvalue weighted by Gasteiger charge is 2.13. The van der Waals surface area contributed by atoms with Gasteiger partial charge in [0.2, 0.25) is 0 Å². The zero-order chi connectivity index (χ0) is 21.5. The van der Waals surface area contributed by atoms with Crippen molar-refractivity contribution in [2.75, 3.05) is 0 Å². The van der Waals surface area contributed by atoms with E-state index in [4.69, 9.17) is 0 Å². The number of thiophene rings is 1. The Morgan fingerprint density at radius 3 is 2.25 bits per heavy atom. The van der Waals surface area contributed by atoms with Gasteiger partial charge in [-0.05, 0) is 47.2 Å². The molecule has 1 aromatic heterocycles. The second-order valence-corrected chi connectivity index (χ2v) is 9.68. The Morgan fingerprint density at radius 1 is 0.719 bits per heavy atom. The minimum Gasteiger partial charge on any atom is -0.135 e. The van der Waals surface area contributed by atoms with Crippen molar-refractivity contribution < 1.29 is 0 Å². The lowest BCUT2D eigenvalue weighted by molar-refractivity contribution is 0.856. The first-order valence-corrected chi connectivity index (χ1v) is 12.0. The Labute approximate surface area is 193 Å². The highest BCUT2D eigenvalue weighted by atomic mass is 32.1. The van der Waals surface area contributed by atoms with Crippen LogP contribution in [0.1, 0.15) is 29.0 Å². The van der Waals surface area contributed by atoms with Crippen LogP contribution < -0.4 is 0 Å². The number of aryl methyl sites for hydroxylation is 1. The highest BCUT2D eigenvalue weighted by Crippen LogP contribution is 2.40. The molecule has 0 saturated carbocycles. The van der Waals surface area contributed by atoms with E-state index in [0.29, 0.717) is 5.92 Å². The van der Waals surface area contributed by atoms with E-state index in [1.54, 1.807) is 0 Å². The first-order valence-electron chi connectivity index (χ1n) is 11.2. The van der Waals surface area contributed by atoms with E-state index >= 15 is 0 Å². The highest BCUT2D eigenvalue weighted by molar-refractivity contribution is 7.26. The van der Waals surface area contributed by atoms with Crippen LogP contribution in [0.4, 0.5) is 0 Å². The van der Waals surface area contributed by atoms with Crippen molar-refractivity contribution >= 4 is 37.1 Å². The van der Waals surface area contributed by atoms with E-state index in [2.05, 4.69) is 116 Å². The molecular formula is C31H24S. The zero-order valence-corrected chi connectivity index (χ0v) is 18.9. The Morgan fingerprint density at radius 2 is 1.47 bits per heavy atom. The van der Waals surface area contributed by atoms with Crippen molar-refractivity contribution in [3.8, 4) is 11.1 Å². The molecule has 0 amide bonds. The van der Waals surface area contributed by atoms with Gasteiger partial charge in [-0.15, -0.1) is 11.3 Å². The van der Waals surface area contributed by atoms with Crippen LogP contribution in [-0.2, 0) is 0 Å². The van der Waals surface area contributed by atoms with Crippen LogP contribution in [0, 0.1) is 6.92 Å². The zero-order valence-electron chi connectivity index (χ0n) is 18.1. The van der Waals surface area contributed by atoms with Gasteiger partial charge in [-0.3, -0.25) is 0 Å². The molecule has 1 aliphatic carbocycles. The number of benzene rings is 4. The lowest BCUT2D eigenvalue weighted by Gasteiger charge is -2.17. The molecular weight excluding hydrogens is 404 g/mol. The van der Waals surface area contributed by atoms with E-state index in [-0.39, 0.29) is 0 Å². The van der Waals surface area contributed by atoms with E-state index < -0.39 is 0 Å². The molecule has 0 fully saturated rings. The van der Waals surface area contributed by atoms with Gasteiger partial charge in [0.15, 0.2) is 0 Å². The Bertz CT molecular complexity index is 1480. The molecule has 4 aromatic carbocycles. The van der Waals surface area contributed by atoms with Crippen LogP contribution >= 0.6 is 11.3 Å². The number of allylic oxidation sites excluding steroid dienone is 4. The Kier molecular flexibility index (Phi) is 4.78. The largest absolute Gasteiger partial charge is 0.135 e. The maximum atomic E-state index is 2.38. The van der Waals surface area contributed by atoms with E-state index in [0.717, 1.165) is 6.42 Å². The summed E-state index contributed by atoms with van der Waals surface area (Å²) in [4.78, 5) is 0. The summed E-state index contributed by atoms with van der Waals surface area (Å²) in [5.74, 6) is 0.476. The number of rotatable bonds is 3. The number of hydrogen-bond donors (Lipinski definition) is 0. The smallest absolute Gasteiger partial charge is 0.0433 e. The molecule has 0 bridgehead atoms. The van der Waals surface area contributed by atoms with Crippen molar-refractivity contribution in [3.63, 3.8) is 0 Å². The van der Waals surface area contributed by atoms with Crippen molar-refractivity contribution in [2.24, 2.45) is 0 Å². The maximum absolute atomic E-state index is 2.38. The maximum Gasteiger partial charge on any atom is 0.0433 e. The summed E-state index contributed by atoms with van der Waals surface area (Å²) in [5, 5.41) is 2.71. The van der Waals surface area contributed by atoms with Crippen molar-refractivity contribution in [1.82, 2.24) is 0 Å². The minimum absolute atomic E-state index is 0.476. The lowest BCUT2D eigenvalue weighted by Crippen LogP contribution is -1.98. The van der Waals surface area contributed by atoms with Gasteiger partial charge in [0.1, 0.15) is 0 Å². The van der Waals surface area contributed by atoms with Gasteiger partial charge in [0.05, 0.1) is 0 Å². The molecule has 1 heterocycles. The van der Waals surface area contributed by atoms with Gasteiger partial charge in [0, 0.05) is 26.1 Å². The standard InChI is InChI=1S/C31H24S/c1-21-9-11-22(12-10-21)23-13-15-24(16-14-23)25-17-19-26(20-18-25)27-6-4-7-29-28-5-2-3-8-30(28)32-31(27)29/h2-13,15-20,23H,14H2,1H3. The Hall–Kier alpha value is -3.42. The molecule has 0 nitrogen and oxygen atoms in total. The molecule has 1 atom stereocenters. The summed E-state index contributed by atoms with van der Waals surface area (Å²) in [6, 6.07) is 33.4. The number of hydrogen-bond acceptors (Lipinski definition) is 1. The minimum atomic E-state index is 0.476. The monoisotopic (exact) mass is 428 g/mol. The average molecular weight is 429 g/mol. The van der Waals surface area contributed by atoms with Crippen LogP contribution in [0.2, 0.25) is 0 Å². The topological polar surface area (TPSA) is 0 Å². The molecule has 154 valence electrons. The molecule has 0 aliphatic heterocycles. The number of fused-ring (bicyclic) bond motifs is 3. The van der Waals surface area contributed by atoms with Gasteiger partial charge in [-0.2, -0.15) is 0 Å². The van der Waals surface area contributed by atoms with Crippen LogP contribution in [-0.4, -0.2) is 0 Å².